The Bertz CT molecular complexity index is 887. The van der Waals surface area contributed by atoms with E-state index in [9.17, 15) is 9.18 Å². The topological polar surface area (TPSA) is 75.2 Å². The maximum absolute atomic E-state index is 13.2. The van der Waals surface area contributed by atoms with Gasteiger partial charge in [-0.1, -0.05) is 12.1 Å². The summed E-state index contributed by atoms with van der Waals surface area (Å²) in [6.45, 7) is 4.28. The Morgan fingerprint density at radius 3 is 2.45 bits per heavy atom. The minimum absolute atomic E-state index is 0.00266. The van der Waals surface area contributed by atoms with E-state index >= 15 is 0 Å². The van der Waals surface area contributed by atoms with Crippen molar-refractivity contribution in [2.45, 2.75) is 19.1 Å². The number of aliphatic imine (C=N–C) groups is 1. The van der Waals surface area contributed by atoms with Crippen LogP contribution in [0.4, 0.5) is 4.39 Å². The predicted octanol–water partition coefficient (Wildman–Crippen LogP) is 2.60. The van der Waals surface area contributed by atoms with Crippen molar-refractivity contribution in [3.05, 3.63) is 65.5 Å². The number of ether oxygens (including phenoxy) is 2. The number of halogens is 1. The van der Waals surface area contributed by atoms with Gasteiger partial charge < -0.3 is 25.0 Å². The second-order valence-electron chi connectivity index (χ2n) is 7.35. The highest BCUT2D eigenvalue weighted by molar-refractivity contribution is 5.94. The number of methoxy groups -OCH3 is 1. The minimum Gasteiger partial charge on any atom is -0.497 e. The molecule has 1 aliphatic rings. The lowest BCUT2D eigenvalue weighted by Gasteiger charge is -2.38. The molecule has 0 aromatic heterocycles. The summed E-state index contributed by atoms with van der Waals surface area (Å²) in [6, 6.07) is 13.4. The molecule has 2 unspecified atom stereocenters. The van der Waals surface area contributed by atoms with Crippen LogP contribution in [-0.2, 0) is 4.74 Å². The number of carbonyl (C=O) groups is 1. The highest BCUT2D eigenvalue weighted by Gasteiger charge is 2.28. The van der Waals surface area contributed by atoms with Gasteiger partial charge in [0, 0.05) is 32.2 Å². The van der Waals surface area contributed by atoms with E-state index in [1.807, 2.05) is 6.92 Å². The maximum Gasteiger partial charge on any atom is 0.251 e. The molecule has 2 atom stereocenters. The Kier molecular flexibility index (Phi) is 7.83. The molecule has 0 saturated carbocycles. The van der Waals surface area contributed by atoms with Crippen molar-refractivity contribution in [3.63, 3.8) is 0 Å². The first kappa shape index (κ1) is 22.6. The van der Waals surface area contributed by atoms with E-state index in [-0.39, 0.29) is 23.9 Å². The lowest BCUT2D eigenvalue weighted by molar-refractivity contribution is -0.0604. The van der Waals surface area contributed by atoms with E-state index in [1.165, 1.54) is 12.1 Å². The summed E-state index contributed by atoms with van der Waals surface area (Å²) >= 11 is 0. The average molecular weight is 429 g/mol. The van der Waals surface area contributed by atoms with Crippen molar-refractivity contribution in [2.24, 2.45) is 4.99 Å². The molecule has 2 aromatic rings. The van der Waals surface area contributed by atoms with E-state index in [0.29, 0.717) is 37.5 Å². The van der Waals surface area contributed by atoms with E-state index in [1.54, 1.807) is 50.6 Å². The van der Waals surface area contributed by atoms with Gasteiger partial charge in [-0.25, -0.2) is 4.39 Å². The lowest BCUT2D eigenvalue weighted by atomic mass is 10.1. The van der Waals surface area contributed by atoms with Crippen molar-refractivity contribution in [2.75, 3.05) is 40.3 Å². The Balaban J connectivity index is 1.50. The zero-order valence-corrected chi connectivity index (χ0v) is 18.1. The molecule has 2 N–H and O–H groups in total. The molecule has 1 heterocycles. The number of hydrogen-bond donors (Lipinski definition) is 2. The first-order valence-electron chi connectivity index (χ1n) is 10.3. The van der Waals surface area contributed by atoms with Gasteiger partial charge in [0.15, 0.2) is 5.96 Å². The van der Waals surface area contributed by atoms with Crippen LogP contribution >= 0.6 is 0 Å². The van der Waals surface area contributed by atoms with E-state index in [0.717, 1.165) is 11.5 Å². The summed E-state index contributed by atoms with van der Waals surface area (Å²) in [5.74, 6) is 1.04. The molecular formula is C23H29FN4O3. The quantitative estimate of drug-likeness (QED) is 0.420. The number of nitrogens with zero attached hydrogens (tertiary/aromatic N) is 2. The average Bonchev–Trinajstić information content (AvgIpc) is 2.79. The number of carbonyl (C=O) groups excluding carboxylic acids is 1. The molecule has 8 heteroatoms. The number of guanidine groups is 1. The highest BCUT2D eigenvalue weighted by atomic mass is 19.1. The molecular weight excluding hydrogens is 399 g/mol. The standard InChI is InChI=1S/C23H29FN4O3/c1-16-14-28(15-21(31-16)17-4-8-19(24)9-5-17)23(25-2)27-13-12-26-22(29)18-6-10-20(30-3)11-7-18/h4-11,16,21H,12-15H2,1-3H3,(H,25,27)(H,26,29). The Morgan fingerprint density at radius 1 is 1.13 bits per heavy atom. The summed E-state index contributed by atoms with van der Waals surface area (Å²) in [5, 5.41) is 6.18. The maximum atomic E-state index is 13.2. The summed E-state index contributed by atoms with van der Waals surface area (Å²) in [4.78, 5) is 18.8. The molecule has 1 saturated heterocycles. The molecule has 2 aromatic carbocycles. The molecule has 7 nitrogen and oxygen atoms in total. The van der Waals surface area contributed by atoms with Crippen LogP contribution in [0.3, 0.4) is 0 Å². The first-order valence-corrected chi connectivity index (χ1v) is 10.3. The molecule has 3 rings (SSSR count). The third kappa shape index (κ3) is 6.18. The number of rotatable bonds is 6. The van der Waals surface area contributed by atoms with Crippen molar-refractivity contribution in [1.29, 1.82) is 0 Å². The van der Waals surface area contributed by atoms with Crippen LogP contribution in [0.2, 0.25) is 0 Å². The monoisotopic (exact) mass is 428 g/mol. The number of morpholine rings is 1. The van der Waals surface area contributed by atoms with Crippen molar-refractivity contribution in [3.8, 4) is 5.75 Å². The molecule has 1 fully saturated rings. The van der Waals surface area contributed by atoms with Crippen LogP contribution < -0.4 is 15.4 Å². The minimum atomic E-state index is -0.265. The van der Waals surface area contributed by atoms with Crippen LogP contribution in [-0.4, -0.2) is 63.2 Å². The summed E-state index contributed by atoms with van der Waals surface area (Å²) in [7, 11) is 3.32. The Morgan fingerprint density at radius 2 is 1.81 bits per heavy atom. The largest absolute Gasteiger partial charge is 0.497 e. The summed E-state index contributed by atoms with van der Waals surface area (Å²) in [6.07, 6.45) is -0.171. The van der Waals surface area contributed by atoms with Crippen LogP contribution in [0.25, 0.3) is 0 Å². The van der Waals surface area contributed by atoms with Gasteiger partial charge in [-0.15, -0.1) is 0 Å². The van der Waals surface area contributed by atoms with Gasteiger partial charge >= 0.3 is 0 Å². The zero-order chi connectivity index (χ0) is 22.2. The second kappa shape index (κ2) is 10.8. The second-order valence-corrected chi connectivity index (χ2v) is 7.35. The molecule has 0 radical (unpaired) electrons. The van der Waals surface area contributed by atoms with Gasteiger partial charge in [-0.2, -0.15) is 0 Å². The molecule has 0 spiro atoms. The molecule has 0 bridgehead atoms. The van der Waals surface area contributed by atoms with Gasteiger partial charge in [-0.3, -0.25) is 9.79 Å². The van der Waals surface area contributed by atoms with Crippen molar-refractivity contribution < 1.29 is 18.7 Å². The van der Waals surface area contributed by atoms with Crippen molar-refractivity contribution >= 4 is 11.9 Å². The first-order chi connectivity index (χ1) is 15.0. The van der Waals surface area contributed by atoms with Gasteiger partial charge in [0.2, 0.25) is 0 Å². The van der Waals surface area contributed by atoms with Gasteiger partial charge in [-0.05, 0) is 48.9 Å². The highest BCUT2D eigenvalue weighted by Crippen LogP contribution is 2.25. The Hall–Kier alpha value is -3.13. The van der Waals surface area contributed by atoms with Crippen LogP contribution in [0.1, 0.15) is 28.9 Å². The van der Waals surface area contributed by atoms with Crippen LogP contribution in [0, 0.1) is 5.82 Å². The smallest absolute Gasteiger partial charge is 0.251 e. The number of nitrogens with one attached hydrogen (secondary N) is 2. The fraction of sp³-hybridized carbons (Fsp3) is 0.391. The molecule has 1 amide bonds. The molecule has 31 heavy (non-hydrogen) atoms. The van der Waals surface area contributed by atoms with E-state index < -0.39 is 0 Å². The fourth-order valence-electron chi connectivity index (χ4n) is 3.51. The predicted molar refractivity (Wildman–Crippen MR) is 118 cm³/mol. The van der Waals surface area contributed by atoms with Gasteiger partial charge in [0.1, 0.15) is 17.7 Å². The third-order valence-corrected chi connectivity index (χ3v) is 5.06. The SMILES string of the molecule is CN=C(NCCNC(=O)c1ccc(OC)cc1)N1CC(C)OC(c2ccc(F)cc2)C1. The molecule has 166 valence electrons. The lowest BCUT2D eigenvalue weighted by Crippen LogP contribution is -2.51. The van der Waals surface area contributed by atoms with Gasteiger partial charge in [0.25, 0.3) is 5.91 Å². The number of amides is 1. The fourth-order valence-corrected chi connectivity index (χ4v) is 3.51. The summed E-state index contributed by atoms with van der Waals surface area (Å²) < 4.78 is 24.4. The van der Waals surface area contributed by atoms with Gasteiger partial charge in [0.05, 0.1) is 19.8 Å². The molecule has 0 aliphatic carbocycles. The Labute approximate surface area is 182 Å². The summed E-state index contributed by atoms with van der Waals surface area (Å²) in [5.41, 5.74) is 1.51. The third-order valence-electron chi connectivity index (χ3n) is 5.06. The van der Waals surface area contributed by atoms with E-state index in [2.05, 4.69) is 20.5 Å². The zero-order valence-electron chi connectivity index (χ0n) is 18.1. The van der Waals surface area contributed by atoms with Crippen molar-refractivity contribution in [1.82, 2.24) is 15.5 Å². The van der Waals surface area contributed by atoms with Crippen LogP contribution in [0.5, 0.6) is 5.75 Å². The molecule has 1 aliphatic heterocycles. The number of hydrogen-bond acceptors (Lipinski definition) is 4. The number of benzene rings is 2. The normalized spacial score (nSPS) is 19.1. The van der Waals surface area contributed by atoms with Crippen LogP contribution in [0.15, 0.2) is 53.5 Å². The van der Waals surface area contributed by atoms with E-state index in [4.69, 9.17) is 9.47 Å².